The van der Waals surface area contributed by atoms with E-state index in [0.717, 1.165) is 47.2 Å². The molecule has 3 aliphatic rings. The van der Waals surface area contributed by atoms with Gasteiger partial charge in [0.25, 0.3) is 5.56 Å². The van der Waals surface area contributed by atoms with E-state index in [2.05, 4.69) is 41.4 Å². The normalized spacial score (nSPS) is 15.8. The van der Waals surface area contributed by atoms with Gasteiger partial charge in [0, 0.05) is 34.2 Å². The van der Waals surface area contributed by atoms with Crippen molar-refractivity contribution in [1.29, 1.82) is 0 Å². The number of rotatable bonds is 12. The van der Waals surface area contributed by atoms with Crippen LogP contribution in [0.4, 0.5) is 22.7 Å². The third-order valence-corrected chi connectivity index (χ3v) is 12.5. The second-order valence-electron chi connectivity index (χ2n) is 14.5. The van der Waals surface area contributed by atoms with Crippen LogP contribution < -0.4 is 115 Å². The van der Waals surface area contributed by atoms with Gasteiger partial charge >= 0.3 is 123 Å². The largest absolute Gasteiger partial charge is 2.00 e. The number of aromatic nitrogens is 2. The number of aryl methyl sites for hydroxylation is 1. The van der Waals surface area contributed by atoms with Gasteiger partial charge in [0.05, 0.1) is 43.5 Å². The Labute approximate surface area is 507 Å². The van der Waals surface area contributed by atoms with Gasteiger partial charge in [-0.15, -0.1) is 31.8 Å². The summed E-state index contributed by atoms with van der Waals surface area (Å²) in [7, 11) is -15.5. The van der Waals surface area contributed by atoms with Gasteiger partial charge in [0.1, 0.15) is 41.8 Å². The summed E-state index contributed by atoms with van der Waals surface area (Å²) >= 11 is 0. The maximum atomic E-state index is 13.7. The molecule has 0 bridgehead atoms. The zero-order chi connectivity index (χ0) is 49.6. The van der Waals surface area contributed by atoms with E-state index < -0.39 is 90.8 Å². The van der Waals surface area contributed by atoms with Gasteiger partial charge in [-0.3, -0.25) is 9.59 Å². The first kappa shape index (κ1) is 63.8. The van der Waals surface area contributed by atoms with Crippen molar-refractivity contribution >= 4 is 87.7 Å². The summed E-state index contributed by atoms with van der Waals surface area (Å²) in [4.78, 5) is 40.4. The van der Waals surface area contributed by atoms with Gasteiger partial charge in [-0.25, -0.2) is 30.2 Å². The Morgan fingerprint density at radius 1 is 0.716 bits per heavy atom. The van der Waals surface area contributed by atoms with Crippen molar-refractivity contribution in [2.45, 2.75) is 16.7 Å². The van der Waals surface area contributed by atoms with Crippen LogP contribution in [0.5, 0.6) is 0 Å². The Bertz CT molecular complexity index is 3800. The van der Waals surface area contributed by atoms with Crippen molar-refractivity contribution < 1.29 is 182 Å². The number of fused-ring (bicyclic) bond motifs is 2. The number of carboxylic acids is 1. The number of aromatic carboxylic acids is 1. The van der Waals surface area contributed by atoms with Crippen molar-refractivity contribution in [3.63, 3.8) is 0 Å². The summed E-state index contributed by atoms with van der Waals surface area (Å²) in [5, 5.41) is 44.6. The summed E-state index contributed by atoms with van der Waals surface area (Å²) in [6.07, 6.45) is 6.06. The molecule has 0 fully saturated rings. The number of carbonyl (C=O) groups excluding carboxylic acids is 2. The van der Waals surface area contributed by atoms with Gasteiger partial charge in [-0.05, 0) is 84.0 Å². The fourth-order valence-corrected chi connectivity index (χ4v) is 8.39. The van der Waals surface area contributed by atoms with Crippen LogP contribution in [0.25, 0.3) is 16.8 Å². The average Bonchev–Trinajstić information content (AvgIpc) is 3.58. The van der Waals surface area contributed by atoms with E-state index in [9.17, 15) is 63.5 Å². The standard InChI is InChI=1S/C43H31N9O14S3.2Cu.3Na/c1-22-38(48-46-34-16-13-29(68(61,62)63)20-33(34)43(56)57)42(55)52(51-22)27-10-7-25(8-11-27)45-47-35-21-36(53)39(31-15-12-28(19-32(31)35)67(58,59)60)49-50-40-37(69(64,65)66)18-23-17-26(9-14-30(23)41(40)54)44-24-5-3-2-4-6-24;;;;;/h2-21H,1H3,(H8,44,45,46,47,48,49,50,51,53,54,55,56,57,58,59,60,61,62,63,64,65,66);;;;;/q;2*+2;3*+1/p-7. The van der Waals surface area contributed by atoms with Crippen LogP contribution in [0.15, 0.2) is 183 Å². The first-order valence-electron chi connectivity index (χ1n) is 19.3. The fourth-order valence-electron chi connectivity index (χ4n) is 6.75. The number of benzene rings is 4. The van der Waals surface area contributed by atoms with E-state index in [1.54, 1.807) is 30.3 Å². The maximum absolute atomic E-state index is 13.7. The Hall–Kier alpha value is -4.49. The van der Waals surface area contributed by atoms with Crippen LogP contribution in [-0.4, -0.2) is 72.5 Å². The second kappa shape index (κ2) is 25.6. The summed E-state index contributed by atoms with van der Waals surface area (Å²) < 4.78 is 109. The number of ketones is 1. The van der Waals surface area contributed by atoms with Crippen molar-refractivity contribution in [2.24, 2.45) is 25.4 Å². The molecule has 4 aromatic carbocycles. The molecular weight excluding hydrogens is 1160 g/mol. The zero-order valence-corrected chi connectivity index (χ0v) is 48.5. The van der Waals surface area contributed by atoms with Crippen molar-refractivity contribution in [1.82, 2.24) is 15.2 Å². The van der Waals surface area contributed by atoms with Crippen molar-refractivity contribution in [2.75, 3.05) is 0 Å². The third kappa shape index (κ3) is 14.1. The number of allylic oxidation sites excluding steroid dienone is 8. The number of azo groups is 1. The third-order valence-electron chi connectivity index (χ3n) is 10.0. The summed E-state index contributed by atoms with van der Waals surface area (Å²) in [6, 6.07) is 19.3. The predicted octanol–water partition coefficient (Wildman–Crippen LogP) is -6.70. The molecule has 0 aliphatic heterocycles. The molecule has 31 heteroatoms. The fraction of sp³-hybridized carbons (Fsp3) is 0.0233. The number of para-hydroxylation sites is 1. The number of carbonyl (C=O) groups is 2. The average molecular weight is 1180 g/mol. The van der Waals surface area contributed by atoms with Crippen LogP contribution in [0.3, 0.4) is 0 Å². The Balaban J connectivity index is 0.00000289. The van der Waals surface area contributed by atoms with Gasteiger partial charge < -0.3 is 49.3 Å². The maximum Gasteiger partial charge on any atom is 2.00 e. The molecule has 0 saturated carbocycles. The molecule has 1 N–H and O–H groups in total. The van der Waals surface area contributed by atoms with E-state index >= 15 is 0 Å². The number of carboxylic acid groups (broad SMARTS) is 1. The minimum atomic E-state index is -5.39. The predicted molar refractivity (Wildman–Crippen MR) is 236 cm³/mol. The molecule has 368 valence electrons. The topological polar surface area (TPSA) is 376 Å². The zero-order valence-electron chi connectivity index (χ0n) is 38.2. The van der Waals surface area contributed by atoms with E-state index in [1.165, 1.54) is 49.4 Å². The molecule has 0 unspecified atom stereocenters. The van der Waals surface area contributed by atoms with E-state index in [1.807, 2.05) is 0 Å². The monoisotopic (exact) mass is 1180 g/mol. The van der Waals surface area contributed by atoms with E-state index in [4.69, 9.17) is 0 Å². The molecule has 1 heterocycles. The van der Waals surface area contributed by atoms with Gasteiger partial charge in [0.2, 0.25) is 5.78 Å². The number of hydrogen-bond acceptors (Lipinski definition) is 20. The number of hydrogen-bond donors (Lipinski definition) is 1. The molecule has 3 aliphatic carbocycles. The molecule has 0 atom stereocenters. The SMILES string of the molecule is Cc1[n-]n(-c2ccc([N-]NC3=CC(=O)C(=NN=C4C(S(=O)(=O)[O-])=CC5=CC(=Nc6ccccc6)C=CC5=C4[O-])c4ccc(S(=O)(=O)[O-])cc43)cc2)c(=O)c1N=Nc1ccc(S(=O)(=O)[O-])cc1C(=O)[O-].[Cu+2].[Cu+2].[Na+].[Na+].[Na+]. The van der Waals surface area contributed by atoms with Crippen LogP contribution in [-0.2, 0) is 69.3 Å². The summed E-state index contributed by atoms with van der Waals surface area (Å²) in [5.41, 5.74) is 3.81. The Morgan fingerprint density at radius 3 is 1.96 bits per heavy atom. The molecule has 23 nitrogen and oxygen atoms in total. The Morgan fingerprint density at radius 2 is 1.34 bits per heavy atom. The Kier molecular flexibility index (Phi) is 22.0. The molecule has 0 saturated heterocycles. The van der Waals surface area contributed by atoms with Gasteiger partial charge in [0.15, 0.2) is 0 Å². The molecule has 1 aromatic heterocycles. The first-order valence-corrected chi connectivity index (χ1v) is 23.5. The van der Waals surface area contributed by atoms with Crippen LogP contribution in [0.2, 0.25) is 0 Å². The quantitative estimate of drug-likeness (QED) is 0.0525. The van der Waals surface area contributed by atoms with E-state index in [0.29, 0.717) is 17.5 Å². The number of nitrogens with one attached hydrogen (secondary N) is 1. The van der Waals surface area contributed by atoms with Crippen molar-refractivity contribution in [3.8, 4) is 5.69 Å². The number of aliphatic imine (C=N–C) groups is 1. The summed E-state index contributed by atoms with van der Waals surface area (Å²) in [5.74, 6) is -3.81. The van der Waals surface area contributed by atoms with Gasteiger partial charge in [-0.1, -0.05) is 55.2 Å². The molecular formula is C43H24Cu2N9Na3O14S3. The molecule has 2 radical (unpaired) electrons. The summed E-state index contributed by atoms with van der Waals surface area (Å²) in [6.45, 7) is 1.40. The minimum Gasteiger partial charge on any atom is -0.871 e. The second-order valence-corrected chi connectivity index (χ2v) is 18.6. The smallest absolute Gasteiger partial charge is 0.871 e. The van der Waals surface area contributed by atoms with Crippen LogP contribution >= 0.6 is 0 Å². The first-order chi connectivity index (χ1) is 32.6. The molecule has 5 aromatic rings. The van der Waals surface area contributed by atoms with E-state index in [-0.39, 0.29) is 174 Å². The molecule has 74 heavy (non-hydrogen) atoms. The van der Waals surface area contributed by atoms with Gasteiger partial charge in [-0.2, -0.15) is 0 Å². The van der Waals surface area contributed by atoms with Crippen LogP contribution in [0, 0.1) is 6.92 Å². The molecule has 8 rings (SSSR count). The van der Waals surface area contributed by atoms with Crippen LogP contribution in [0.1, 0.15) is 27.2 Å². The molecule has 0 spiro atoms. The minimum absolute atomic E-state index is 0. The number of nitrogens with zero attached hydrogens (tertiary/aromatic N) is 8. The molecule has 0 amide bonds. The van der Waals surface area contributed by atoms with Crippen molar-refractivity contribution in [3.05, 3.63) is 181 Å².